The third kappa shape index (κ3) is 3.39. The second kappa shape index (κ2) is 5.66. The highest BCUT2D eigenvalue weighted by Crippen LogP contribution is 2.13. The summed E-state index contributed by atoms with van der Waals surface area (Å²) in [6, 6.07) is 0. The van der Waals surface area contributed by atoms with E-state index in [9.17, 15) is 0 Å². The van der Waals surface area contributed by atoms with Crippen LogP contribution in [0, 0.1) is 11.8 Å². The highest BCUT2D eigenvalue weighted by atomic mass is 79.9. The highest BCUT2D eigenvalue weighted by Gasteiger charge is 2.02. The fourth-order valence-electron chi connectivity index (χ4n) is 1.20. The van der Waals surface area contributed by atoms with E-state index in [1.54, 1.807) is 0 Å². The molecule has 0 unspecified atom stereocenters. The molecule has 14 heavy (non-hydrogen) atoms. The Hall–Kier alpha value is -1.01. The molecule has 1 rings (SSSR count). The maximum absolute atomic E-state index is 5.82. The Morgan fingerprint density at radius 2 is 2.36 bits per heavy atom. The quantitative estimate of drug-likeness (QED) is 0.662. The molecule has 0 radical (unpaired) electrons. The fourth-order valence-corrected chi connectivity index (χ4v) is 1.58. The summed E-state index contributed by atoms with van der Waals surface area (Å²) >= 11 is 3.33. The van der Waals surface area contributed by atoms with Crippen molar-refractivity contribution in [1.82, 2.24) is 0 Å². The van der Waals surface area contributed by atoms with E-state index < -0.39 is 0 Å². The molecule has 2 nitrogen and oxygen atoms in total. The summed E-state index contributed by atoms with van der Waals surface area (Å²) in [4.78, 5) is 4.20. The van der Waals surface area contributed by atoms with Gasteiger partial charge in [0.2, 0.25) is 0 Å². The zero-order chi connectivity index (χ0) is 10.4. The van der Waals surface area contributed by atoms with Gasteiger partial charge in [-0.2, -0.15) is 0 Å². The average molecular weight is 253 g/mol. The van der Waals surface area contributed by atoms with Crippen LogP contribution >= 0.6 is 15.9 Å². The standard InChI is InChI=1S/C11H13BrN2/c1-2-6-9-7-4-3-5-8-10(12)14-11(9)13/h5,8H,3-4,7,13H2,1H3/b8-5-,11-9-,14-10+. The monoisotopic (exact) mass is 252 g/mol. The van der Waals surface area contributed by atoms with Gasteiger partial charge in [0.1, 0.15) is 10.4 Å². The molecular formula is C11H13BrN2. The van der Waals surface area contributed by atoms with Gasteiger partial charge in [-0.25, -0.2) is 4.99 Å². The van der Waals surface area contributed by atoms with Crippen LogP contribution in [0.4, 0.5) is 0 Å². The average Bonchev–Trinajstić information content (AvgIpc) is 2.20. The first kappa shape index (κ1) is 11.1. The van der Waals surface area contributed by atoms with Gasteiger partial charge < -0.3 is 5.73 Å². The Morgan fingerprint density at radius 3 is 3.07 bits per heavy atom. The van der Waals surface area contributed by atoms with Crippen molar-refractivity contribution < 1.29 is 0 Å². The second-order valence-corrected chi connectivity index (χ2v) is 3.78. The third-order valence-electron chi connectivity index (χ3n) is 1.87. The fraction of sp³-hybridized carbons (Fsp3) is 0.364. The van der Waals surface area contributed by atoms with Crippen molar-refractivity contribution in [1.29, 1.82) is 0 Å². The van der Waals surface area contributed by atoms with Gasteiger partial charge in [0.15, 0.2) is 0 Å². The molecule has 0 atom stereocenters. The lowest BCUT2D eigenvalue weighted by atomic mass is 10.1. The van der Waals surface area contributed by atoms with Gasteiger partial charge in [0.05, 0.1) is 0 Å². The number of hydrogen-bond donors (Lipinski definition) is 1. The molecule has 3 heteroatoms. The summed E-state index contributed by atoms with van der Waals surface area (Å²) in [5.74, 6) is 6.38. The van der Waals surface area contributed by atoms with Crippen LogP contribution in [0.2, 0.25) is 0 Å². The molecular weight excluding hydrogens is 240 g/mol. The third-order valence-corrected chi connectivity index (χ3v) is 2.31. The minimum absolute atomic E-state index is 0.526. The molecule has 2 N–H and O–H groups in total. The van der Waals surface area contributed by atoms with Crippen molar-refractivity contribution in [3.8, 4) is 11.8 Å². The summed E-state index contributed by atoms with van der Waals surface area (Å²) in [7, 11) is 0. The van der Waals surface area contributed by atoms with Gasteiger partial charge in [-0.3, -0.25) is 0 Å². The SMILES string of the molecule is CC#C/C1=C(N)/N=C(Br)\C=C/CCC1. The summed E-state index contributed by atoms with van der Waals surface area (Å²) in [6.45, 7) is 1.81. The number of allylic oxidation sites excluding steroid dienone is 3. The van der Waals surface area contributed by atoms with Crippen LogP contribution in [0.1, 0.15) is 26.2 Å². The van der Waals surface area contributed by atoms with E-state index in [4.69, 9.17) is 5.73 Å². The van der Waals surface area contributed by atoms with Gasteiger partial charge in [0.25, 0.3) is 0 Å². The number of nitrogens with zero attached hydrogens (tertiary/aromatic N) is 1. The first-order valence-corrected chi connectivity index (χ1v) is 5.35. The van der Waals surface area contributed by atoms with Gasteiger partial charge in [-0.05, 0) is 48.2 Å². The van der Waals surface area contributed by atoms with Crippen molar-refractivity contribution in [2.24, 2.45) is 10.7 Å². The molecule has 0 saturated heterocycles. The van der Waals surface area contributed by atoms with E-state index in [-0.39, 0.29) is 0 Å². The molecule has 0 spiro atoms. The van der Waals surface area contributed by atoms with E-state index in [0.29, 0.717) is 5.82 Å². The Kier molecular flexibility index (Phi) is 4.48. The van der Waals surface area contributed by atoms with Crippen molar-refractivity contribution in [2.45, 2.75) is 26.2 Å². The lowest BCUT2D eigenvalue weighted by molar-refractivity contribution is 0.841. The number of hydrogen-bond acceptors (Lipinski definition) is 2. The smallest absolute Gasteiger partial charge is 0.136 e. The minimum atomic E-state index is 0.526. The van der Waals surface area contributed by atoms with Crippen molar-refractivity contribution in [2.75, 3.05) is 0 Å². The summed E-state index contributed by atoms with van der Waals surface area (Å²) in [6.07, 6.45) is 7.02. The Morgan fingerprint density at radius 1 is 1.57 bits per heavy atom. The molecule has 1 aliphatic heterocycles. The Balaban J connectivity index is 3.02. The van der Waals surface area contributed by atoms with Crippen molar-refractivity contribution >= 4 is 20.6 Å². The Bertz CT molecular complexity index is 353. The minimum Gasteiger partial charge on any atom is -0.383 e. The van der Waals surface area contributed by atoms with E-state index in [2.05, 4.69) is 38.8 Å². The van der Waals surface area contributed by atoms with Gasteiger partial charge >= 0.3 is 0 Å². The second-order valence-electron chi connectivity index (χ2n) is 2.97. The first-order chi connectivity index (χ1) is 6.74. The van der Waals surface area contributed by atoms with Crippen LogP contribution in [0.25, 0.3) is 0 Å². The topological polar surface area (TPSA) is 38.4 Å². The Labute approximate surface area is 93.1 Å². The molecule has 1 heterocycles. The molecule has 0 amide bonds. The van der Waals surface area contributed by atoms with Crippen LogP contribution in [-0.2, 0) is 0 Å². The summed E-state index contributed by atoms with van der Waals surface area (Å²) < 4.78 is 0.757. The van der Waals surface area contributed by atoms with Crippen LogP contribution in [0.15, 0.2) is 28.5 Å². The lowest BCUT2D eigenvalue weighted by Crippen LogP contribution is -2.00. The summed E-state index contributed by atoms with van der Waals surface area (Å²) in [5.41, 5.74) is 6.76. The van der Waals surface area contributed by atoms with Crippen molar-refractivity contribution in [3.63, 3.8) is 0 Å². The largest absolute Gasteiger partial charge is 0.383 e. The molecule has 74 valence electrons. The number of rotatable bonds is 0. The van der Waals surface area contributed by atoms with E-state index in [1.165, 1.54) is 0 Å². The molecule has 0 aliphatic carbocycles. The van der Waals surface area contributed by atoms with Gasteiger partial charge in [0, 0.05) is 5.57 Å². The zero-order valence-electron chi connectivity index (χ0n) is 8.18. The van der Waals surface area contributed by atoms with Crippen LogP contribution < -0.4 is 5.73 Å². The molecule has 0 aromatic carbocycles. The van der Waals surface area contributed by atoms with Crippen LogP contribution in [-0.4, -0.2) is 4.62 Å². The maximum atomic E-state index is 5.82. The van der Waals surface area contributed by atoms with Crippen molar-refractivity contribution in [3.05, 3.63) is 23.5 Å². The zero-order valence-corrected chi connectivity index (χ0v) is 9.76. The highest BCUT2D eigenvalue weighted by molar-refractivity contribution is 9.18. The van der Waals surface area contributed by atoms with Gasteiger partial charge in [-0.15, -0.1) is 5.92 Å². The van der Waals surface area contributed by atoms with E-state index in [0.717, 1.165) is 29.5 Å². The number of aliphatic imine (C=N–C) groups is 1. The molecule has 0 aromatic rings. The van der Waals surface area contributed by atoms with Crippen LogP contribution in [0.5, 0.6) is 0 Å². The van der Waals surface area contributed by atoms with Gasteiger partial charge in [-0.1, -0.05) is 12.0 Å². The molecule has 0 fully saturated rings. The normalized spacial score (nSPS) is 28.6. The molecule has 0 bridgehead atoms. The van der Waals surface area contributed by atoms with Crippen LogP contribution in [0.3, 0.4) is 0 Å². The number of halogens is 1. The maximum Gasteiger partial charge on any atom is 0.136 e. The molecule has 0 aromatic heterocycles. The summed E-state index contributed by atoms with van der Waals surface area (Å²) in [5, 5.41) is 0. The van der Waals surface area contributed by atoms with E-state index >= 15 is 0 Å². The lowest BCUT2D eigenvalue weighted by Gasteiger charge is -2.00. The molecule has 1 aliphatic rings. The molecule has 0 saturated carbocycles. The first-order valence-electron chi connectivity index (χ1n) is 4.56. The predicted molar refractivity (Wildman–Crippen MR) is 64.0 cm³/mol. The predicted octanol–water partition coefficient (Wildman–Crippen LogP) is 2.71. The number of nitrogens with two attached hydrogens (primary N) is 1. The van der Waals surface area contributed by atoms with E-state index in [1.807, 2.05) is 13.0 Å².